The summed E-state index contributed by atoms with van der Waals surface area (Å²) < 4.78 is 4.35. The summed E-state index contributed by atoms with van der Waals surface area (Å²) in [5.41, 5.74) is 0.854. The van der Waals surface area contributed by atoms with Crippen molar-refractivity contribution in [2.45, 2.75) is 19.3 Å². The first-order valence-electron chi connectivity index (χ1n) is 7.82. The molecule has 0 spiro atoms. The minimum atomic E-state index is -0.630. The number of ether oxygens (including phenoxy) is 1. The zero-order valence-corrected chi connectivity index (χ0v) is 13.9. The fourth-order valence-corrected chi connectivity index (χ4v) is 2.32. The molecule has 0 aromatic heterocycles. The number of hydrogen-bond acceptors (Lipinski definition) is 7. The number of esters is 1. The first-order chi connectivity index (χ1) is 12.0. The van der Waals surface area contributed by atoms with Crippen molar-refractivity contribution in [2.24, 2.45) is 0 Å². The number of nitrogens with zero attached hydrogens (tertiary/aromatic N) is 1. The van der Waals surface area contributed by atoms with E-state index < -0.39 is 11.8 Å². The van der Waals surface area contributed by atoms with Crippen LogP contribution in [-0.4, -0.2) is 55.3 Å². The second-order valence-electron chi connectivity index (χ2n) is 5.39. The first kappa shape index (κ1) is 18.8. The van der Waals surface area contributed by atoms with Gasteiger partial charge in [0.2, 0.25) is 0 Å². The van der Waals surface area contributed by atoms with Crippen LogP contribution in [0, 0.1) is 0 Å². The number of fused-ring (bicyclic) bond motifs is 1. The van der Waals surface area contributed by atoms with E-state index in [1.807, 2.05) is 0 Å². The van der Waals surface area contributed by atoms with E-state index in [0.29, 0.717) is 24.0 Å². The third-order valence-corrected chi connectivity index (χ3v) is 3.61. The molecule has 0 N–H and O–H groups in total. The monoisotopic (exact) mass is 349 g/mol. The number of Topliss-reactive ketones (excluding diaryl/α,β-unsaturated/α-hetero) is 1. The molecular formula is C17H19NO7. The number of imide groups is 1. The van der Waals surface area contributed by atoms with E-state index in [1.165, 1.54) is 12.0 Å². The number of carbonyl (C=O) groups is 4. The van der Waals surface area contributed by atoms with Gasteiger partial charge in [-0.2, -0.15) is 0 Å². The summed E-state index contributed by atoms with van der Waals surface area (Å²) in [5, 5.41) is 0. The Morgan fingerprint density at radius 2 is 1.64 bits per heavy atom. The van der Waals surface area contributed by atoms with Gasteiger partial charge in [-0.25, -0.2) is 9.78 Å². The van der Waals surface area contributed by atoms with Crippen LogP contribution in [-0.2, 0) is 24.1 Å². The van der Waals surface area contributed by atoms with Crippen molar-refractivity contribution in [1.29, 1.82) is 0 Å². The number of benzene rings is 1. The van der Waals surface area contributed by atoms with E-state index >= 15 is 0 Å². The molecule has 1 aliphatic rings. The lowest BCUT2D eigenvalue weighted by atomic mass is 10.1. The molecule has 8 heteroatoms. The van der Waals surface area contributed by atoms with Crippen LogP contribution in [0.2, 0.25) is 0 Å². The Hall–Kier alpha value is -2.58. The van der Waals surface area contributed by atoms with Gasteiger partial charge in [-0.3, -0.25) is 24.1 Å². The fraction of sp³-hybridized carbons (Fsp3) is 0.412. The van der Waals surface area contributed by atoms with Gasteiger partial charge in [-0.1, -0.05) is 12.1 Å². The molecule has 1 heterocycles. The summed E-state index contributed by atoms with van der Waals surface area (Å²) in [4.78, 5) is 57.1. The molecule has 8 nitrogen and oxygen atoms in total. The van der Waals surface area contributed by atoms with Crippen LogP contribution in [0.15, 0.2) is 24.3 Å². The second-order valence-corrected chi connectivity index (χ2v) is 5.39. The normalized spacial score (nSPS) is 13.1. The lowest BCUT2D eigenvalue weighted by Crippen LogP contribution is -2.30. The number of carbonyl (C=O) groups excluding carboxylic acids is 4. The zero-order valence-electron chi connectivity index (χ0n) is 13.9. The predicted octanol–water partition coefficient (Wildman–Crippen LogP) is 1.14. The number of amides is 2. The van der Waals surface area contributed by atoms with E-state index in [2.05, 4.69) is 4.74 Å². The van der Waals surface area contributed by atoms with Crippen LogP contribution < -0.4 is 0 Å². The van der Waals surface area contributed by atoms with Crippen LogP contribution in [0.3, 0.4) is 0 Å². The number of methoxy groups -OCH3 is 1. The van der Waals surface area contributed by atoms with Crippen molar-refractivity contribution in [3.8, 4) is 0 Å². The minimum Gasteiger partial charge on any atom is -0.469 e. The average Bonchev–Trinajstić information content (AvgIpc) is 2.85. The molecule has 0 bridgehead atoms. The van der Waals surface area contributed by atoms with Gasteiger partial charge in [0.25, 0.3) is 11.8 Å². The van der Waals surface area contributed by atoms with E-state index in [9.17, 15) is 19.2 Å². The SMILES string of the molecule is COC(=O)CC(=O)COOCCCCN1C(=O)c2ccccc2C1=O. The van der Waals surface area contributed by atoms with E-state index in [0.717, 1.165) is 0 Å². The quantitative estimate of drug-likeness (QED) is 0.156. The van der Waals surface area contributed by atoms with Crippen LogP contribution in [0.1, 0.15) is 40.0 Å². The van der Waals surface area contributed by atoms with Gasteiger partial charge in [0, 0.05) is 6.54 Å². The standard InChI is InChI=1S/C17H19NO7/c1-23-15(20)10-12(19)11-25-24-9-5-4-8-18-16(21)13-6-2-3-7-14(13)17(18)22/h2-3,6-7H,4-5,8-11H2,1H3. The van der Waals surface area contributed by atoms with Crippen molar-refractivity contribution in [3.05, 3.63) is 35.4 Å². The minimum absolute atomic E-state index is 0.203. The first-order valence-corrected chi connectivity index (χ1v) is 7.82. The average molecular weight is 349 g/mol. The van der Waals surface area contributed by atoms with Crippen LogP contribution in [0.4, 0.5) is 0 Å². The summed E-state index contributed by atoms with van der Waals surface area (Å²) in [6.07, 6.45) is 0.725. The molecule has 0 unspecified atom stereocenters. The Kier molecular flexibility index (Phi) is 6.79. The second kappa shape index (κ2) is 9.05. The van der Waals surface area contributed by atoms with E-state index in [-0.39, 0.29) is 38.0 Å². The molecule has 0 fully saturated rings. The Bertz CT molecular complexity index is 636. The van der Waals surface area contributed by atoms with Crippen molar-refractivity contribution < 1.29 is 33.7 Å². The summed E-state index contributed by atoms with van der Waals surface area (Å²) in [5.74, 6) is -1.65. The van der Waals surface area contributed by atoms with Gasteiger partial charge in [-0.05, 0) is 25.0 Å². The highest BCUT2D eigenvalue weighted by Gasteiger charge is 2.34. The van der Waals surface area contributed by atoms with Crippen molar-refractivity contribution in [2.75, 3.05) is 26.9 Å². The smallest absolute Gasteiger partial charge is 0.313 e. The molecule has 0 atom stereocenters. The number of rotatable bonds is 10. The molecule has 1 aromatic carbocycles. The maximum absolute atomic E-state index is 12.1. The predicted molar refractivity (Wildman–Crippen MR) is 84.6 cm³/mol. The number of ketones is 1. The summed E-state index contributed by atoms with van der Waals surface area (Å²) in [7, 11) is 1.20. The molecule has 0 saturated heterocycles. The van der Waals surface area contributed by atoms with Gasteiger partial charge < -0.3 is 4.74 Å². The molecule has 2 rings (SSSR count). The number of unbranched alkanes of at least 4 members (excludes halogenated alkanes) is 1. The molecule has 1 aromatic rings. The summed E-state index contributed by atoms with van der Waals surface area (Å²) >= 11 is 0. The Morgan fingerprint density at radius 1 is 1.00 bits per heavy atom. The van der Waals surface area contributed by atoms with Crippen molar-refractivity contribution >= 4 is 23.6 Å². The molecule has 1 aliphatic heterocycles. The highest BCUT2D eigenvalue weighted by Crippen LogP contribution is 2.22. The number of hydrogen-bond donors (Lipinski definition) is 0. The topological polar surface area (TPSA) is 99.2 Å². The highest BCUT2D eigenvalue weighted by molar-refractivity contribution is 6.21. The molecule has 0 aliphatic carbocycles. The third kappa shape index (κ3) is 4.94. The summed E-state index contributed by atoms with van der Waals surface area (Å²) in [6.45, 7) is 0.152. The third-order valence-electron chi connectivity index (χ3n) is 3.61. The Morgan fingerprint density at radius 3 is 2.24 bits per heavy atom. The van der Waals surface area contributed by atoms with Crippen LogP contribution in [0.25, 0.3) is 0 Å². The summed E-state index contributed by atoms with van der Waals surface area (Å²) in [6, 6.07) is 6.72. The van der Waals surface area contributed by atoms with E-state index in [1.54, 1.807) is 24.3 Å². The van der Waals surface area contributed by atoms with Crippen molar-refractivity contribution in [1.82, 2.24) is 4.90 Å². The Labute approximate surface area is 144 Å². The largest absolute Gasteiger partial charge is 0.469 e. The lowest BCUT2D eigenvalue weighted by molar-refractivity contribution is -0.289. The van der Waals surface area contributed by atoms with Gasteiger partial charge in [0.1, 0.15) is 13.0 Å². The molecule has 0 radical (unpaired) electrons. The van der Waals surface area contributed by atoms with Crippen LogP contribution >= 0.6 is 0 Å². The molecular weight excluding hydrogens is 330 g/mol. The van der Waals surface area contributed by atoms with Crippen molar-refractivity contribution in [3.63, 3.8) is 0 Å². The highest BCUT2D eigenvalue weighted by atomic mass is 17.2. The molecule has 25 heavy (non-hydrogen) atoms. The van der Waals surface area contributed by atoms with Gasteiger partial charge >= 0.3 is 5.97 Å². The van der Waals surface area contributed by atoms with Gasteiger partial charge in [0.05, 0.1) is 24.8 Å². The van der Waals surface area contributed by atoms with Crippen LogP contribution in [0.5, 0.6) is 0 Å². The lowest BCUT2D eigenvalue weighted by Gasteiger charge is -2.13. The van der Waals surface area contributed by atoms with Gasteiger partial charge in [0.15, 0.2) is 5.78 Å². The fourth-order valence-electron chi connectivity index (χ4n) is 2.32. The Balaban J connectivity index is 1.60. The molecule has 2 amide bonds. The maximum atomic E-state index is 12.1. The molecule has 0 saturated carbocycles. The zero-order chi connectivity index (χ0) is 18.2. The van der Waals surface area contributed by atoms with Gasteiger partial charge in [-0.15, -0.1) is 0 Å². The maximum Gasteiger partial charge on any atom is 0.313 e. The molecule has 134 valence electrons. The van der Waals surface area contributed by atoms with E-state index in [4.69, 9.17) is 9.78 Å².